The number of carbonyl (C=O) groups excluding carboxylic acids is 1. The molecule has 0 saturated carbocycles. The number of aryl methyl sites for hydroxylation is 2. The zero-order valence-electron chi connectivity index (χ0n) is 20.0. The molecule has 4 aromatic rings. The minimum Gasteiger partial charge on any atom is -0.447 e. The fourth-order valence-electron chi connectivity index (χ4n) is 3.90. The topological polar surface area (TPSA) is 71.3 Å². The Kier molecular flexibility index (Phi) is 8.00. The Hall–Kier alpha value is -3.84. The number of rotatable bonds is 10. The summed E-state index contributed by atoms with van der Waals surface area (Å²) in [5, 5.41) is 2.86. The third-order valence-electron chi connectivity index (χ3n) is 5.75. The van der Waals surface area contributed by atoms with Crippen molar-refractivity contribution in [1.82, 2.24) is 20.2 Å². The summed E-state index contributed by atoms with van der Waals surface area (Å²) in [7, 11) is 0. The van der Waals surface area contributed by atoms with Crippen LogP contribution in [0.2, 0.25) is 0 Å². The first-order valence-corrected chi connectivity index (χ1v) is 11.6. The molecule has 4 rings (SSSR count). The lowest BCUT2D eigenvalue weighted by atomic mass is 10.0. The van der Waals surface area contributed by atoms with E-state index in [0.29, 0.717) is 38.5 Å². The molecule has 1 N–H and O–H groups in total. The summed E-state index contributed by atoms with van der Waals surface area (Å²) in [6, 6.07) is 18.6. The maximum absolute atomic E-state index is 13.4. The van der Waals surface area contributed by atoms with E-state index in [1.807, 2.05) is 18.2 Å². The maximum atomic E-state index is 13.4. The number of aromatic nitrogens is 2. The molecule has 0 aliphatic heterocycles. The van der Waals surface area contributed by atoms with Gasteiger partial charge in [-0.25, -0.2) is 9.37 Å². The van der Waals surface area contributed by atoms with Crippen LogP contribution in [0.5, 0.6) is 0 Å². The highest BCUT2D eigenvalue weighted by Gasteiger charge is 2.16. The predicted octanol–water partition coefficient (Wildman–Crippen LogP) is 5.00. The van der Waals surface area contributed by atoms with E-state index in [0.717, 1.165) is 11.3 Å². The second kappa shape index (κ2) is 11.5. The van der Waals surface area contributed by atoms with Crippen molar-refractivity contribution in [3.8, 4) is 0 Å². The van der Waals surface area contributed by atoms with Gasteiger partial charge in [0.2, 0.25) is 5.89 Å². The van der Waals surface area contributed by atoms with Crippen LogP contribution in [0.25, 0.3) is 0 Å². The van der Waals surface area contributed by atoms with Crippen LogP contribution in [-0.2, 0) is 26.1 Å². The Morgan fingerprint density at radius 3 is 2.60 bits per heavy atom. The monoisotopic (exact) mass is 472 g/mol. The van der Waals surface area contributed by atoms with E-state index >= 15 is 0 Å². The Balaban J connectivity index is 1.42. The second-order valence-corrected chi connectivity index (χ2v) is 8.66. The number of oxazole rings is 1. The van der Waals surface area contributed by atoms with Crippen molar-refractivity contribution in [3.05, 3.63) is 118 Å². The highest BCUT2D eigenvalue weighted by Crippen LogP contribution is 2.18. The van der Waals surface area contributed by atoms with Gasteiger partial charge in [0, 0.05) is 37.9 Å². The summed E-state index contributed by atoms with van der Waals surface area (Å²) in [5.41, 5.74) is 5.75. The number of pyridine rings is 1. The zero-order chi connectivity index (χ0) is 24.6. The van der Waals surface area contributed by atoms with Crippen molar-refractivity contribution in [2.24, 2.45) is 0 Å². The van der Waals surface area contributed by atoms with Crippen LogP contribution in [-0.4, -0.2) is 27.3 Å². The largest absolute Gasteiger partial charge is 0.447 e. The van der Waals surface area contributed by atoms with E-state index in [2.05, 4.69) is 52.2 Å². The minimum absolute atomic E-state index is 0.245. The Morgan fingerprint density at radius 1 is 1.03 bits per heavy atom. The maximum Gasteiger partial charge on any atom is 0.273 e. The zero-order valence-corrected chi connectivity index (χ0v) is 20.0. The molecule has 6 nitrogen and oxygen atoms in total. The number of amides is 1. The van der Waals surface area contributed by atoms with E-state index in [9.17, 15) is 9.18 Å². The molecule has 0 saturated heterocycles. The van der Waals surface area contributed by atoms with Gasteiger partial charge >= 0.3 is 0 Å². The van der Waals surface area contributed by atoms with Gasteiger partial charge in [0.25, 0.3) is 5.91 Å². The normalized spacial score (nSPS) is 11.1. The lowest BCUT2D eigenvalue weighted by molar-refractivity contribution is 0.0949. The van der Waals surface area contributed by atoms with Crippen LogP contribution in [0.3, 0.4) is 0 Å². The average molecular weight is 473 g/mol. The van der Waals surface area contributed by atoms with Crippen LogP contribution in [0.4, 0.5) is 4.39 Å². The van der Waals surface area contributed by atoms with Crippen LogP contribution in [0, 0.1) is 19.7 Å². The summed E-state index contributed by atoms with van der Waals surface area (Å²) in [6.45, 7) is 6.28. The predicted molar refractivity (Wildman–Crippen MR) is 132 cm³/mol. The number of halogens is 1. The van der Waals surface area contributed by atoms with E-state index in [-0.39, 0.29) is 17.4 Å². The second-order valence-electron chi connectivity index (χ2n) is 8.66. The van der Waals surface area contributed by atoms with Crippen molar-refractivity contribution >= 4 is 5.91 Å². The van der Waals surface area contributed by atoms with Crippen LogP contribution < -0.4 is 5.32 Å². The third-order valence-corrected chi connectivity index (χ3v) is 5.75. The highest BCUT2D eigenvalue weighted by atomic mass is 19.1. The molecule has 180 valence electrons. The van der Waals surface area contributed by atoms with Crippen LogP contribution in [0.15, 0.2) is 77.5 Å². The van der Waals surface area contributed by atoms with E-state index in [4.69, 9.17) is 4.42 Å². The molecule has 0 fully saturated rings. The first-order valence-electron chi connectivity index (χ1n) is 11.6. The lowest BCUT2D eigenvalue weighted by Crippen LogP contribution is -2.26. The molecule has 2 aromatic heterocycles. The Bertz CT molecular complexity index is 1260. The summed E-state index contributed by atoms with van der Waals surface area (Å²) < 4.78 is 19.0. The van der Waals surface area contributed by atoms with Gasteiger partial charge < -0.3 is 9.73 Å². The van der Waals surface area contributed by atoms with Gasteiger partial charge in [0.05, 0.1) is 6.54 Å². The number of hydrogen-bond acceptors (Lipinski definition) is 5. The van der Waals surface area contributed by atoms with Gasteiger partial charge in [-0.3, -0.25) is 14.7 Å². The summed E-state index contributed by atoms with van der Waals surface area (Å²) in [5.74, 6) is -0.0942. The first-order chi connectivity index (χ1) is 17.0. The molecular weight excluding hydrogens is 443 g/mol. The van der Waals surface area contributed by atoms with Crippen molar-refractivity contribution in [1.29, 1.82) is 0 Å². The fourth-order valence-corrected chi connectivity index (χ4v) is 3.90. The first kappa shape index (κ1) is 24.3. The molecule has 2 heterocycles. The van der Waals surface area contributed by atoms with Gasteiger partial charge in [0.1, 0.15) is 12.1 Å². The number of carbonyl (C=O) groups is 1. The number of hydrogen-bond donors (Lipinski definition) is 1. The molecule has 0 unspecified atom stereocenters. The number of benzene rings is 2. The van der Waals surface area contributed by atoms with Crippen molar-refractivity contribution in [2.45, 2.75) is 39.9 Å². The average Bonchev–Trinajstić information content (AvgIpc) is 3.31. The molecule has 2 aromatic carbocycles. The molecule has 35 heavy (non-hydrogen) atoms. The van der Waals surface area contributed by atoms with E-state index < -0.39 is 0 Å². The Labute approximate surface area is 204 Å². The summed E-state index contributed by atoms with van der Waals surface area (Å²) >= 11 is 0. The van der Waals surface area contributed by atoms with Crippen molar-refractivity contribution in [2.75, 3.05) is 6.54 Å². The number of nitrogens with one attached hydrogen (secondary N) is 1. The van der Waals surface area contributed by atoms with Gasteiger partial charge in [0.15, 0.2) is 5.69 Å². The molecule has 0 radical (unpaired) electrons. The van der Waals surface area contributed by atoms with E-state index in [1.54, 1.807) is 18.3 Å². The SMILES string of the molecule is Cc1ccc(CN(Cc2ccc(F)cc2)Cc2nc(C(=O)NCCc3ccccn3)co2)c(C)c1. The number of nitrogens with zero attached hydrogens (tertiary/aromatic N) is 3. The molecule has 0 aliphatic rings. The van der Waals surface area contributed by atoms with Crippen molar-refractivity contribution in [3.63, 3.8) is 0 Å². The van der Waals surface area contributed by atoms with Gasteiger partial charge in [-0.1, -0.05) is 42.0 Å². The molecule has 0 bridgehead atoms. The van der Waals surface area contributed by atoms with E-state index in [1.165, 1.54) is 35.1 Å². The minimum atomic E-state index is -0.282. The standard InChI is InChI=1S/C28H29FN4O2/c1-20-6-9-23(21(2)15-20)17-33(16-22-7-10-24(29)11-8-22)18-27-32-26(19-35-27)28(34)31-14-12-25-5-3-4-13-30-25/h3-11,13,15,19H,12,14,16-18H2,1-2H3,(H,31,34). The van der Waals surface area contributed by atoms with Crippen LogP contribution in [0.1, 0.15) is 44.3 Å². The molecule has 0 spiro atoms. The summed E-state index contributed by atoms with van der Waals surface area (Å²) in [4.78, 5) is 23.4. The lowest BCUT2D eigenvalue weighted by Gasteiger charge is -2.22. The molecular formula is C28H29FN4O2. The smallest absolute Gasteiger partial charge is 0.273 e. The van der Waals surface area contributed by atoms with Crippen LogP contribution >= 0.6 is 0 Å². The highest BCUT2D eigenvalue weighted by molar-refractivity contribution is 5.91. The molecule has 0 aliphatic carbocycles. The quantitative estimate of drug-likeness (QED) is 0.352. The van der Waals surface area contributed by atoms with Gasteiger partial charge in [-0.15, -0.1) is 0 Å². The molecule has 0 atom stereocenters. The third kappa shape index (κ3) is 7.07. The van der Waals surface area contributed by atoms with Gasteiger partial charge in [-0.05, 0) is 54.8 Å². The summed E-state index contributed by atoms with van der Waals surface area (Å²) in [6.07, 6.45) is 3.76. The Morgan fingerprint density at radius 2 is 1.86 bits per heavy atom. The van der Waals surface area contributed by atoms with Gasteiger partial charge in [-0.2, -0.15) is 0 Å². The molecule has 1 amide bonds. The fraction of sp³-hybridized carbons (Fsp3) is 0.250. The molecule has 7 heteroatoms. The van der Waals surface area contributed by atoms with Crippen molar-refractivity contribution < 1.29 is 13.6 Å².